The molecule has 0 aliphatic heterocycles. The van der Waals surface area contributed by atoms with Crippen LogP contribution in [0.1, 0.15) is 10.4 Å². The number of ether oxygens (including phenoxy) is 1. The molecule has 1 aromatic heterocycles. The molecule has 2 N–H and O–H groups in total. The van der Waals surface area contributed by atoms with Gasteiger partial charge in [0.15, 0.2) is 5.75 Å². The van der Waals surface area contributed by atoms with Crippen LogP contribution in [0, 0.1) is 5.82 Å². The number of carbonyl (C=O) groups is 1. The van der Waals surface area contributed by atoms with Gasteiger partial charge in [0.2, 0.25) is 0 Å². The van der Waals surface area contributed by atoms with E-state index >= 15 is 0 Å². The van der Waals surface area contributed by atoms with Gasteiger partial charge in [-0.25, -0.2) is 14.2 Å². The van der Waals surface area contributed by atoms with Gasteiger partial charge in [-0.05, 0) is 60.7 Å². The van der Waals surface area contributed by atoms with Crippen LogP contribution in [0.4, 0.5) is 4.39 Å². The van der Waals surface area contributed by atoms with Gasteiger partial charge in [-0.15, -0.1) is 0 Å². The van der Waals surface area contributed by atoms with E-state index in [1.54, 1.807) is 42.5 Å². The number of nitrogens with zero attached hydrogens (tertiary/aromatic N) is 1. The van der Waals surface area contributed by atoms with Gasteiger partial charge in [0, 0.05) is 16.0 Å². The molecule has 4 aromatic rings. The van der Waals surface area contributed by atoms with Crippen LogP contribution < -0.4 is 4.74 Å². The zero-order valence-corrected chi connectivity index (χ0v) is 16.6. The van der Waals surface area contributed by atoms with Crippen LogP contribution in [-0.2, 0) is 0 Å². The quantitative estimate of drug-likeness (QED) is 0.374. The smallest absolute Gasteiger partial charge is 0.340 e. The fraction of sp³-hybridized carbons (Fsp3) is 0. The molecule has 30 heavy (non-hydrogen) atoms. The average molecular weight is 444 g/mol. The Morgan fingerprint density at radius 2 is 1.73 bits per heavy atom. The molecule has 0 atom stereocenters. The highest BCUT2D eigenvalue weighted by Crippen LogP contribution is 2.37. The van der Waals surface area contributed by atoms with Crippen LogP contribution in [0.2, 0.25) is 10.0 Å². The first-order chi connectivity index (χ1) is 14.3. The Labute approximate surface area is 179 Å². The molecular formula is C22H12Cl2FNO4. The zero-order chi connectivity index (χ0) is 21.4. The standard InChI is InChI=1S/C22H12Cl2FNO4/c23-12-3-8-18(16(24)9-12)30-14-5-1-11(2-6-14)20-21(27)19(22(28)29)15-10-13(25)4-7-17(15)26-20/h1-10,27H,(H,28,29). The Hall–Kier alpha value is -3.35. The summed E-state index contributed by atoms with van der Waals surface area (Å²) in [6, 6.07) is 14.9. The highest BCUT2D eigenvalue weighted by Gasteiger charge is 2.21. The van der Waals surface area contributed by atoms with Crippen molar-refractivity contribution in [3.8, 4) is 28.5 Å². The molecule has 0 saturated heterocycles. The van der Waals surface area contributed by atoms with Crippen LogP contribution in [0.15, 0.2) is 60.7 Å². The monoisotopic (exact) mass is 443 g/mol. The van der Waals surface area contributed by atoms with E-state index in [0.717, 1.165) is 6.07 Å². The van der Waals surface area contributed by atoms with Gasteiger partial charge >= 0.3 is 5.97 Å². The molecule has 150 valence electrons. The van der Waals surface area contributed by atoms with E-state index in [9.17, 15) is 19.4 Å². The lowest BCUT2D eigenvalue weighted by Gasteiger charge is -2.12. The second-order valence-corrected chi connectivity index (χ2v) is 7.20. The maximum Gasteiger partial charge on any atom is 0.340 e. The molecule has 0 spiro atoms. The van der Waals surface area contributed by atoms with Crippen LogP contribution >= 0.6 is 23.2 Å². The molecule has 4 rings (SSSR count). The Kier molecular flexibility index (Phi) is 5.20. The lowest BCUT2D eigenvalue weighted by atomic mass is 10.0. The highest BCUT2D eigenvalue weighted by molar-refractivity contribution is 6.35. The molecule has 0 aliphatic rings. The fourth-order valence-electron chi connectivity index (χ4n) is 3.01. The maximum absolute atomic E-state index is 13.6. The summed E-state index contributed by atoms with van der Waals surface area (Å²) in [5.41, 5.74) is 0.344. The largest absolute Gasteiger partial charge is 0.505 e. The Bertz CT molecular complexity index is 1290. The van der Waals surface area contributed by atoms with Crippen molar-refractivity contribution in [1.29, 1.82) is 0 Å². The van der Waals surface area contributed by atoms with Gasteiger partial charge in [-0.2, -0.15) is 0 Å². The number of benzene rings is 3. The van der Waals surface area contributed by atoms with Crippen molar-refractivity contribution < 1.29 is 24.1 Å². The van der Waals surface area contributed by atoms with Crippen molar-refractivity contribution in [2.24, 2.45) is 0 Å². The van der Waals surface area contributed by atoms with Crippen LogP contribution in [-0.4, -0.2) is 21.2 Å². The third-order valence-corrected chi connectivity index (χ3v) is 4.92. The molecule has 0 fully saturated rings. The Balaban J connectivity index is 1.74. The summed E-state index contributed by atoms with van der Waals surface area (Å²) in [6.07, 6.45) is 0. The highest BCUT2D eigenvalue weighted by atomic mass is 35.5. The van der Waals surface area contributed by atoms with E-state index in [1.807, 2.05) is 0 Å². The van der Waals surface area contributed by atoms with Crippen molar-refractivity contribution in [3.63, 3.8) is 0 Å². The van der Waals surface area contributed by atoms with Crippen LogP contribution in [0.25, 0.3) is 22.2 Å². The van der Waals surface area contributed by atoms with E-state index in [4.69, 9.17) is 27.9 Å². The minimum Gasteiger partial charge on any atom is -0.505 e. The predicted octanol–water partition coefficient (Wildman–Crippen LogP) is 6.54. The van der Waals surface area contributed by atoms with Gasteiger partial charge in [0.05, 0.1) is 10.5 Å². The topological polar surface area (TPSA) is 79.7 Å². The van der Waals surface area contributed by atoms with Gasteiger partial charge < -0.3 is 14.9 Å². The first kappa shape index (κ1) is 19.9. The molecule has 0 aliphatic carbocycles. The summed E-state index contributed by atoms with van der Waals surface area (Å²) in [5.74, 6) is -1.68. The first-order valence-corrected chi connectivity index (χ1v) is 9.38. The molecule has 3 aromatic carbocycles. The van der Waals surface area contributed by atoms with E-state index < -0.39 is 23.1 Å². The molecule has 0 bridgehead atoms. The molecular weight excluding hydrogens is 432 g/mol. The summed E-state index contributed by atoms with van der Waals surface area (Å²) < 4.78 is 19.3. The number of fused-ring (bicyclic) bond motifs is 1. The van der Waals surface area contributed by atoms with E-state index in [-0.39, 0.29) is 16.6 Å². The number of aromatic carboxylic acids is 1. The third-order valence-electron chi connectivity index (χ3n) is 4.38. The molecule has 1 heterocycles. The van der Waals surface area contributed by atoms with E-state index in [0.29, 0.717) is 27.1 Å². The SMILES string of the molecule is O=C(O)c1c(O)c(-c2ccc(Oc3ccc(Cl)cc3Cl)cc2)nc2ccc(F)cc12. The number of aromatic nitrogens is 1. The number of halogens is 3. The lowest BCUT2D eigenvalue weighted by Crippen LogP contribution is -2.02. The number of carboxylic acids is 1. The molecule has 0 amide bonds. The van der Waals surface area contributed by atoms with Crippen molar-refractivity contribution >= 4 is 40.1 Å². The summed E-state index contributed by atoms with van der Waals surface area (Å²) in [7, 11) is 0. The Morgan fingerprint density at radius 3 is 2.40 bits per heavy atom. The Morgan fingerprint density at radius 1 is 1.00 bits per heavy atom. The second kappa shape index (κ2) is 7.82. The molecule has 0 unspecified atom stereocenters. The summed E-state index contributed by atoms with van der Waals surface area (Å²) in [4.78, 5) is 16.0. The minimum absolute atomic E-state index is 0.0149. The van der Waals surface area contributed by atoms with Gasteiger partial charge in [0.25, 0.3) is 0 Å². The van der Waals surface area contributed by atoms with Crippen molar-refractivity contribution in [2.45, 2.75) is 0 Å². The van der Waals surface area contributed by atoms with Crippen molar-refractivity contribution in [1.82, 2.24) is 4.98 Å². The van der Waals surface area contributed by atoms with Gasteiger partial charge in [-0.1, -0.05) is 23.2 Å². The summed E-state index contributed by atoms with van der Waals surface area (Å²) >= 11 is 12.0. The number of aromatic hydroxyl groups is 1. The number of hydrogen-bond donors (Lipinski definition) is 2. The van der Waals surface area contributed by atoms with Crippen molar-refractivity contribution in [2.75, 3.05) is 0 Å². The lowest BCUT2D eigenvalue weighted by molar-refractivity contribution is 0.0696. The average Bonchev–Trinajstić information content (AvgIpc) is 2.70. The normalized spacial score (nSPS) is 10.9. The number of rotatable bonds is 4. The third kappa shape index (κ3) is 3.75. The number of carboxylic acid groups (broad SMARTS) is 1. The fourth-order valence-corrected chi connectivity index (χ4v) is 3.46. The van der Waals surface area contributed by atoms with Gasteiger partial charge in [-0.3, -0.25) is 0 Å². The molecule has 8 heteroatoms. The second-order valence-electron chi connectivity index (χ2n) is 6.35. The predicted molar refractivity (Wildman–Crippen MR) is 112 cm³/mol. The van der Waals surface area contributed by atoms with Gasteiger partial charge in [0.1, 0.15) is 28.6 Å². The van der Waals surface area contributed by atoms with Crippen LogP contribution in [0.5, 0.6) is 17.2 Å². The molecule has 0 radical (unpaired) electrons. The summed E-state index contributed by atoms with van der Waals surface area (Å²) in [5, 5.41) is 20.9. The maximum atomic E-state index is 13.6. The van der Waals surface area contributed by atoms with E-state index in [2.05, 4.69) is 4.98 Å². The summed E-state index contributed by atoms with van der Waals surface area (Å²) in [6.45, 7) is 0. The zero-order valence-electron chi connectivity index (χ0n) is 15.1. The first-order valence-electron chi connectivity index (χ1n) is 8.62. The number of hydrogen-bond acceptors (Lipinski definition) is 4. The van der Waals surface area contributed by atoms with E-state index in [1.165, 1.54) is 12.1 Å². The minimum atomic E-state index is -1.39. The van der Waals surface area contributed by atoms with Crippen molar-refractivity contribution in [3.05, 3.63) is 82.1 Å². The number of pyridine rings is 1. The van der Waals surface area contributed by atoms with Crippen LogP contribution in [0.3, 0.4) is 0 Å². The molecule has 0 saturated carbocycles. The molecule has 5 nitrogen and oxygen atoms in total.